The van der Waals surface area contributed by atoms with E-state index < -0.39 is 18.0 Å². The van der Waals surface area contributed by atoms with Crippen molar-refractivity contribution < 1.29 is 23.5 Å². The van der Waals surface area contributed by atoms with Crippen molar-refractivity contribution in [2.45, 2.75) is 38.3 Å². The third-order valence-corrected chi connectivity index (χ3v) is 8.06. The molecule has 2 aromatic heterocycles. The van der Waals surface area contributed by atoms with E-state index in [0.29, 0.717) is 73.3 Å². The van der Waals surface area contributed by atoms with Crippen molar-refractivity contribution in [3.05, 3.63) is 65.7 Å². The molecule has 3 aliphatic rings. The zero-order chi connectivity index (χ0) is 29.2. The largest absolute Gasteiger partial charge is 0.477 e. The van der Waals surface area contributed by atoms with Gasteiger partial charge in [-0.15, -0.1) is 0 Å². The summed E-state index contributed by atoms with van der Waals surface area (Å²) >= 11 is 0. The lowest BCUT2D eigenvalue weighted by Crippen LogP contribution is -2.38. The average Bonchev–Trinajstić information content (AvgIpc) is 3.74. The van der Waals surface area contributed by atoms with Gasteiger partial charge in [0.25, 0.3) is 5.91 Å². The van der Waals surface area contributed by atoms with Gasteiger partial charge in [0.05, 0.1) is 35.8 Å². The van der Waals surface area contributed by atoms with Gasteiger partial charge in [-0.2, -0.15) is 0 Å². The number of amides is 2. The summed E-state index contributed by atoms with van der Waals surface area (Å²) in [4.78, 5) is 41.5. The standard InChI is InChI=1S/C31H35FN6O4/c1-3-41-30-23(7-5-14-33-30)25-9-10-26(27(35-25)29(39)34-21-12-15-36(2)18-21)37-16-13-22(19-37)42-31(40)38-17-11-20-6-4-8-24(32)28(20)38/h4-10,14,21-22H,3,11-13,15-19H2,1-2H3,(H,34,39)/t21-,22?/m1/s1. The lowest BCUT2D eigenvalue weighted by Gasteiger charge is -2.24. The van der Waals surface area contributed by atoms with Gasteiger partial charge in [0, 0.05) is 38.3 Å². The molecule has 0 spiro atoms. The number of hydrogen-bond donors (Lipinski definition) is 1. The number of carbonyl (C=O) groups excluding carboxylic acids is 2. The summed E-state index contributed by atoms with van der Waals surface area (Å²) in [5.41, 5.74) is 3.36. The van der Waals surface area contributed by atoms with E-state index in [9.17, 15) is 14.0 Å². The molecule has 1 aromatic carbocycles. The number of fused-ring (bicyclic) bond motifs is 1. The molecule has 0 aliphatic carbocycles. The minimum Gasteiger partial charge on any atom is -0.477 e. The van der Waals surface area contributed by atoms with Crippen LogP contribution in [0.5, 0.6) is 5.88 Å². The Kier molecular flexibility index (Phi) is 7.92. The smallest absolute Gasteiger partial charge is 0.414 e. The number of carbonyl (C=O) groups is 2. The van der Waals surface area contributed by atoms with E-state index in [1.54, 1.807) is 12.3 Å². The molecule has 11 heteroatoms. The number of nitrogens with zero attached hydrogens (tertiary/aromatic N) is 5. The third kappa shape index (κ3) is 5.61. The van der Waals surface area contributed by atoms with Crippen LogP contribution in [0.1, 0.15) is 35.8 Å². The molecule has 2 atom stereocenters. The number of benzene rings is 1. The summed E-state index contributed by atoms with van der Waals surface area (Å²) in [6.07, 6.45) is 2.74. The van der Waals surface area contributed by atoms with Crippen LogP contribution in [0.3, 0.4) is 0 Å². The van der Waals surface area contributed by atoms with Crippen molar-refractivity contribution in [2.75, 3.05) is 56.2 Å². The van der Waals surface area contributed by atoms with Crippen LogP contribution in [0.25, 0.3) is 11.3 Å². The summed E-state index contributed by atoms with van der Waals surface area (Å²) < 4.78 is 26.1. The molecule has 2 saturated heterocycles. The summed E-state index contributed by atoms with van der Waals surface area (Å²) in [6.45, 7) is 5.40. The Hall–Kier alpha value is -4.25. The van der Waals surface area contributed by atoms with E-state index in [1.807, 2.05) is 49.2 Å². The fourth-order valence-electron chi connectivity index (χ4n) is 6.01. The van der Waals surface area contributed by atoms with E-state index in [4.69, 9.17) is 14.5 Å². The molecular formula is C31H35FN6O4. The normalized spacial score (nSPS) is 20.1. The van der Waals surface area contributed by atoms with Crippen molar-refractivity contribution >= 4 is 23.4 Å². The molecule has 0 bridgehead atoms. The Morgan fingerprint density at radius 3 is 2.76 bits per heavy atom. The van der Waals surface area contributed by atoms with E-state index in [0.717, 1.165) is 25.1 Å². The Bertz CT molecular complexity index is 1490. The zero-order valence-corrected chi connectivity index (χ0v) is 23.9. The van der Waals surface area contributed by atoms with Crippen LogP contribution < -0.4 is 19.9 Å². The highest BCUT2D eigenvalue weighted by molar-refractivity contribution is 5.99. The van der Waals surface area contributed by atoms with Crippen molar-refractivity contribution in [2.24, 2.45) is 0 Å². The van der Waals surface area contributed by atoms with E-state index in [2.05, 4.69) is 15.2 Å². The molecule has 42 heavy (non-hydrogen) atoms. The molecule has 10 nitrogen and oxygen atoms in total. The maximum atomic E-state index is 14.5. The topological polar surface area (TPSA) is 100 Å². The summed E-state index contributed by atoms with van der Waals surface area (Å²) in [5, 5.41) is 3.16. The Labute approximate surface area is 244 Å². The minimum absolute atomic E-state index is 0.0363. The first-order valence-corrected chi connectivity index (χ1v) is 14.5. The number of nitrogens with one attached hydrogen (secondary N) is 1. The van der Waals surface area contributed by atoms with E-state index in [1.165, 1.54) is 11.0 Å². The SMILES string of the molecule is CCOc1ncccc1-c1ccc(N2CCC(OC(=O)N3CCc4cccc(F)c43)C2)c(C(=O)N[C@@H]2CCN(C)C2)n1. The number of aromatic nitrogens is 2. The summed E-state index contributed by atoms with van der Waals surface area (Å²) in [6, 6.07) is 12.3. The van der Waals surface area contributed by atoms with Crippen LogP contribution in [0.2, 0.25) is 0 Å². The molecule has 220 valence electrons. The molecular weight excluding hydrogens is 539 g/mol. The van der Waals surface area contributed by atoms with Crippen molar-refractivity contribution in [1.29, 1.82) is 0 Å². The molecule has 0 saturated carbocycles. The fraction of sp³-hybridized carbons (Fsp3) is 0.419. The van der Waals surface area contributed by atoms with Crippen LogP contribution >= 0.6 is 0 Å². The number of ether oxygens (including phenoxy) is 2. The number of hydrogen-bond acceptors (Lipinski definition) is 8. The van der Waals surface area contributed by atoms with Crippen molar-refractivity contribution in [3.63, 3.8) is 0 Å². The second kappa shape index (κ2) is 11.9. The number of halogens is 1. The van der Waals surface area contributed by atoms with Crippen LogP contribution in [-0.4, -0.2) is 85.4 Å². The molecule has 1 N–H and O–H groups in total. The monoisotopic (exact) mass is 574 g/mol. The van der Waals surface area contributed by atoms with Crippen LogP contribution in [0.4, 0.5) is 20.6 Å². The first kappa shape index (κ1) is 27.9. The quantitative estimate of drug-likeness (QED) is 0.454. The third-order valence-electron chi connectivity index (χ3n) is 8.06. The van der Waals surface area contributed by atoms with Crippen molar-refractivity contribution in [1.82, 2.24) is 20.2 Å². The Morgan fingerprint density at radius 1 is 1.07 bits per heavy atom. The summed E-state index contributed by atoms with van der Waals surface area (Å²) in [5.74, 6) is -0.220. The minimum atomic E-state index is -0.553. The summed E-state index contributed by atoms with van der Waals surface area (Å²) in [7, 11) is 2.04. The molecule has 2 amide bonds. The van der Waals surface area contributed by atoms with Gasteiger partial charge in [0.2, 0.25) is 5.88 Å². The van der Waals surface area contributed by atoms with Gasteiger partial charge in [-0.3, -0.25) is 9.69 Å². The lowest BCUT2D eigenvalue weighted by molar-refractivity contribution is 0.0933. The van der Waals surface area contributed by atoms with Crippen molar-refractivity contribution in [3.8, 4) is 17.1 Å². The number of rotatable bonds is 7. The number of para-hydroxylation sites is 1. The highest BCUT2D eigenvalue weighted by Crippen LogP contribution is 2.34. The number of likely N-dealkylation sites (N-methyl/N-ethyl adjacent to an activating group) is 1. The van der Waals surface area contributed by atoms with E-state index >= 15 is 0 Å². The highest BCUT2D eigenvalue weighted by atomic mass is 19.1. The van der Waals surface area contributed by atoms with E-state index in [-0.39, 0.29) is 11.9 Å². The number of anilines is 2. The predicted octanol–water partition coefficient (Wildman–Crippen LogP) is 3.89. The Balaban J connectivity index is 1.23. The number of likely N-dealkylation sites (tertiary alicyclic amines) is 1. The second-order valence-electron chi connectivity index (χ2n) is 11.0. The molecule has 1 unspecified atom stereocenters. The molecule has 0 radical (unpaired) electrons. The van der Waals surface area contributed by atoms with Crippen LogP contribution in [0, 0.1) is 5.82 Å². The maximum absolute atomic E-state index is 14.5. The predicted molar refractivity (Wildman–Crippen MR) is 157 cm³/mol. The Morgan fingerprint density at radius 2 is 1.95 bits per heavy atom. The van der Waals surface area contributed by atoms with Crippen LogP contribution in [-0.2, 0) is 11.2 Å². The number of pyridine rings is 2. The zero-order valence-electron chi connectivity index (χ0n) is 23.9. The second-order valence-corrected chi connectivity index (χ2v) is 11.0. The maximum Gasteiger partial charge on any atom is 0.414 e. The average molecular weight is 575 g/mol. The highest BCUT2D eigenvalue weighted by Gasteiger charge is 2.34. The molecule has 5 heterocycles. The van der Waals surface area contributed by atoms with Gasteiger partial charge >= 0.3 is 6.09 Å². The molecule has 6 rings (SSSR count). The van der Waals surface area contributed by atoms with Crippen LogP contribution in [0.15, 0.2) is 48.7 Å². The van der Waals surface area contributed by atoms with Gasteiger partial charge in [0.15, 0.2) is 5.69 Å². The van der Waals surface area contributed by atoms with Gasteiger partial charge in [-0.1, -0.05) is 12.1 Å². The fourth-order valence-corrected chi connectivity index (χ4v) is 6.01. The van der Waals surface area contributed by atoms with Gasteiger partial charge in [-0.05, 0) is 69.3 Å². The first-order valence-electron chi connectivity index (χ1n) is 14.5. The van der Waals surface area contributed by atoms with Gasteiger partial charge in [-0.25, -0.2) is 19.2 Å². The molecule has 3 aliphatic heterocycles. The molecule has 2 fully saturated rings. The molecule has 3 aromatic rings. The first-order chi connectivity index (χ1) is 20.4. The lowest BCUT2D eigenvalue weighted by atomic mass is 10.1. The van der Waals surface area contributed by atoms with Gasteiger partial charge < -0.3 is 24.6 Å². The van der Waals surface area contributed by atoms with Gasteiger partial charge in [0.1, 0.15) is 11.9 Å².